The van der Waals surface area contributed by atoms with E-state index < -0.39 is 0 Å². The van der Waals surface area contributed by atoms with E-state index in [1.54, 1.807) is 0 Å². The maximum absolute atomic E-state index is 5.29. The summed E-state index contributed by atoms with van der Waals surface area (Å²) in [4.78, 5) is 0. The Morgan fingerprint density at radius 3 is 2.17 bits per heavy atom. The van der Waals surface area contributed by atoms with E-state index in [-0.39, 0.29) is 0 Å². The minimum absolute atomic E-state index is 0.361. The molecule has 0 spiro atoms. The summed E-state index contributed by atoms with van der Waals surface area (Å²) in [6.07, 6.45) is 1.82. The maximum Gasteiger partial charge on any atom is 0.147 e. The summed E-state index contributed by atoms with van der Waals surface area (Å²) in [5.41, 5.74) is 3.44. The smallest absolute Gasteiger partial charge is 0.147 e. The first kappa shape index (κ1) is 16.6. The van der Waals surface area contributed by atoms with Crippen molar-refractivity contribution >= 4 is 6.08 Å². The van der Waals surface area contributed by atoms with Crippen molar-refractivity contribution in [3.8, 4) is 0 Å². The Hall–Kier alpha value is -1.38. The zero-order chi connectivity index (χ0) is 13.8. The van der Waals surface area contributed by atoms with Crippen LogP contribution in [0.25, 0.3) is 6.08 Å². The zero-order valence-electron chi connectivity index (χ0n) is 11.7. The molecule has 0 fully saturated rings. The number of hydrogen-bond donors (Lipinski definition) is 0. The molecule has 1 aromatic carbocycles. The summed E-state index contributed by atoms with van der Waals surface area (Å²) in [6.45, 7) is 14.8. The third-order valence-electron chi connectivity index (χ3n) is 1.85. The van der Waals surface area contributed by atoms with Crippen LogP contribution in [0.4, 0.5) is 0 Å². The third kappa shape index (κ3) is 9.82. The van der Waals surface area contributed by atoms with Crippen molar-refractivity contribution in [2.45, 2.75) is 27.4 Å². The molecule has 0 atom stereocenters. The second-order valence-corrected chi connectivity index (χ2v) is 4.11. The molecule has 1 aromatic rings. The van der Waals surface area contributed by atoms with Gasteiger partial charge in [0.1, 0.15) is 6.79 Å². The van der Waals surface area contributed by atoms with Gasteiger partial charge in [-0.3, -0.25) is 0 Å². The van der Waals surface area contributed by atoms with Crippen LogP contribution in [0.3, 0.4) is 0 Å². The molecule has 0 aliphatic heterocycles. The lowest BCUT2D eigenvalue weighted by Crippen LogP contribution is -1.99. The highest BCUT2D eigenvalue weighted by atomic mass is 16.7. The molecule has 0 heterocycles. The predicted molar refractivity (Wildman–Crippen MR) is 78.3 cm³/mol. The number of allylic oxidation sites excluding steroid dienone is 1. The van der Waals surface area contributed by atoms with Gasteiger partial charge in [0.2, 0.25) is 0 Å². The van der Waals surface area contributed by atoms with Crippen LogP contribution < -0.4 is 0 Å². The molecule has 0 saturated heterocycles. The van der Waals surface area contributed by atoms with Crippen LogP contribution in [0.5, 0.6) is 0 Å². The Bertz CT molecular complexity index is 335. The van der Waals surface area contributed by atoms with Crippen LogP contribution in [0.2, 0.25) is 0 Å². The molecule has 0 N–H and O–H groups in total. The lowest BCUT2D eigenvalue weighted by Gasteiger charge is -2.04. The van der Waals surface area contributed by atoms with Crippen LogP contribution in [-0.2, 0) is 16.1 Å². The van der Waals surface area contributed by atoms with E-state index in [2.05, 4.69) is 13.2 Å². The van der Waals surface area contributed by atoms with Gasteiger partial charge >= 0.3 is 0 Å². The number of benzene rings is 1. The summed E-state index contributed by atoms with van der Waals surface area (Å²) in [5.74, 6) is 0. The molecule has 0 amide bonds. The van der Waals surface area contributed by atoms with E-state index in [1.165, 1.54) is 5.57 Å². The molecule has 0 aromatic heterocycles. The Kier molecular flexibility index (Phi) is 9.93. The SMILES string of the molecule is C=C(C)C.C=Cc1ccc(COCOCC)cc1. The van der Waals surface area contributed by atoms with Crippen LogP contribution in [0, 0.1) is 0 Å². The van der Waals surface area contributed by atoms with Gasteiger partial charge in [-0.05, 0) is 31.9 Å². The number of rotatable bonds is 6. The van der Waals surface area contributed by atoms with Crippen molar-refractivity contribution in [2.24, 2.45) is 0 Å². The standard InChI is InChI=1S/C12H16O2.C4H8/c1-3-11-5-7-12(8-6-11)9-14-10-13-4-2;1-4(2)3/h3,5-8H,1,4,9-10H2,2H3;1H2,2-3H3. The predicted octanol–water partition coefficient (Wildman–Crippen LogP) is 4.42. The van der Waals surface area contributed by atoms with Gasteiger partial charge in [-0.1, -0.05) is 42.5 Å². The largest absolute Gasteiger partial charge is 0.356 e. The Morgan fingerprint density at radius 2 is 1.72 bits per heavy atom. The van der Waals surface area contributed by atoms with Gasteiger partial charge in [-0.2, -0.15) is 0 Å². The second-order valence-electron chi connectivity index (χ2n) is 4.11. The number of ether oxygens (including phenoxy) is 2. The first-order valence-electron chi connectivity index (χ1n) is 6.09. The fourth-order valence-electron chi connectivity index (χ4n) is 1.05. The molecule has 0 unspecified atom stereocenters. The molecule has 0 aliphatic carbocycles. The monoisotopic (exact) mass is 248 g/mol. The van der Waals surface area contributed by atoms with Crippen molar-refractivity contribution < 1.29 is 9.47 Å². The van der Waals surface area contributed by atoms with Gasteiger partial charge in [0.05, 0.1) is 6.61 Å². The average Bonchev–Trinajstić information content (AvgIpc) is 2.35. The first-order chi connectivity index (χ1) is 8.60. The van der Waals surface area contributed by atoms with Gasteiger partial charge in [0.15, 0.2) is 0 Å². The van der Waals surface area contributed by atoms with Crippen molar-refractivity contribution in [3.05, 3.63) is 54.1 Å². The topological polar surface area (TPSA) is 18.5 Å². The summed E-state index contributed by atoms with van der Waals surface area (Å²) < 4.78 is 10.3. The van der Waals surface area contributed by atoms with Gasteiger partial charge in [-0.15, -0.1) is 6.58 Å². The lowest BCUT2D eigenvalue weighted by molar-refractivity contribution is -0.0571. The van der Waals surface area contributed by atoms with E-state index in [4.69, 9.17) is 9.47 Å². The summed E-state index contributed by atoms with van der Waals surface area (Å²) >= 11 is 0. The molecular formula is C16H24O2. The summed E-state index contributed by atoms with van der Waals surface area (Å²) in [5, 5.41) is 0. The molecule has 100 valence electrons. The van der Waals surface area contributed by atoms with Gasteiger partial charge in [-0.25, -0.2) is 0 Å². The third-order valence-corrected chi connectivity index (χ3v) is 1.85. The maximum atomic E-state index is 5.29. The van der Waals surface area contributed by atoms with E-state index in [0.29, 0.717) is 20.0 Å². The molecule has 0 radical (unpaired) electrons. The van der Waals surface area contributed by atoms with E-state index in [0.717, 1.165) is 11.1 Å². The Labute approximate surface area is 111 Å². The molecule has 1 rings (SSSR count). The van der Waals surface area contributed by atoms with Crippen LogP contribution in [0.1, 0.15) is 31.9 Å². The molecular weight excluding hydrogens is 224 g/mol. The first-order valence-corrected chi connectivity index (χ1v) is 6.09. The Morgan fingerprint density at radius 1 is 1.17 bits per heavy atom. The lowest BCUT2D eigenvalue weighted by atomic mass is 10.1. The quantitative estimate of drug-likeness (QED) is 0.421. The molecule has 18 heavy (non-hydrogen) atoms. The van der Waals surface area contributed by atoms with Gasteiger partial charge in [0.25, 0.3) is 0 Å². The Balaban J connectivity index is 0.000000631. The summed E-state index contributed by atoms with van der Waals surface area (Å²) in [7, 11) is 0. The molecule has 0 aliphatic rings. The zero-order valence-corrected chi connectivity index (χ0v) is 11.7. The fourth-order valence-corrected chi connectivity index (χ4v) is 1.05. The number of hydrogen-bond acceptors (Lipinski definition) is 2. The highest BCUT2D eigenvalue weighted by molar-refractivity contribution is 5.47. The van der Waals surface area contributed by atoms with Crippen LogP contribution in [-0.4, -0.2) is 13.4 Å². The van der Waals surface area contributed by atoms with Gasteiger partial charge in [0, 0.05) is 6.61 Å². The summed E-state index contributed by atoms with van der Waals surface area (Å²) in [6, 6.07) is 8.10. The fraction of sp³-hybridized carbons (Fsp3) is 0.375. The molecule has 0 saturated carbocycles. The van der Waals surface area contributed by atoms with Crippen molar-refractivity contribution in [1.29, 1.82) is 0 Å². The molecule has 2 heteroatoms. The molecule has 0 bridgehead atoms. The van der Waals surface area contributed by atoms with Crippen molar-refractivity contribution in [3.63, 3.8) is 0 Å². The minimum atomic E-state index is 0.361. The van der Waals surface area contributed by atoms with E-state index >= 15 is 0 Å². The van der Waals surface area contributed by atoms with Crippen molar-refractivity contribution in [2.75, 3.05) is 13.4 Å². The van der Waals surface area contributed by atoms with E-state index in [1.807, 2.05) is 51.1 Å². The normalized spacial score (nSPS) is 9.28. The minimum Gasteiger partial charge on any atom is -0.356 e. The highest BCUT2D eigenvalue weighted by Crippen LogP contribution is 2.06. The average molecular weight is 248 g/mol. The van der Waals surface area contributed by atoms with Crippen LogP contribution >= 0.6 is 0 Å². The van der Waals surface area contributed by atoms with Gasteiger partial charge < -0.3 is 9.47 Å². The van der Waals surface area contributed by atoms with Crippen molar-refractivity contribution in [1.82, 2.24) is 0 Å². The van der Waals surface area contributed by atoms with E-state index in [9.17, 15) is 0 Å². The highest BCUT2D eigenvalue weighted by Gasteiger charge is 1.92. The van der Waals surface area contributed by atoms with Crippen LogP contribution in [0.15, 0.2) is 43.0 Å². The second kappa shape index (κ2) is 10.8. The molecule has 2 nitrogen and oxygen atoms in total.